The van der Waals surface area contributed by atoms with Crippen molar-refractivity contribution >= 4 is 5.91 Å². The summed E-state index contributed by atoms with van der Waals surface area (Å²) in [5, 5.41) is 86.6. The first kappa shape index (κ1) is 67.5. The molecule has 0 aromatic carbocycles. The first-order valence-corrected chi connectivity index (χ1v) is 28.3. The molecule has 2 rings (SSSR count). The van der Waals surface area contributed by atoms with Crippen molar-refractivity contribution in [1.29, 1.82) is 0 Å². The highest BCUT2D eigenvalue weighted by Crippen LogP contribution is 2.30. The van der Waals surface area contributed by atoms with Crippen molar-refractivity contribution in [3.05, 3.63) is 122 Å². The van der Waals surface area contributed by atoms with Gasteiger partial charge < -0.3 is 65.1 Å². The summed E-state index contributed by atoms with van der Waals surface area (Å²) >= 11 is 0. The minimum absolute atomic E-state index is 0.249. The van der Waals surface area contributed by atoms with Gasteiger partial charge in [0.1, 0.15) is 48.8 Å². The molecule has 0 bridgehead atoms. The van der Waals surface area contributed by atoms with E-state index in [1.165, 1.54) is 19.3 Å². The lowest BCUT2D eigenvalue weighted by Gasteiger charge is -2.46. The highest BCUT2D eigenvalue weighted by atomic mass is 16.7. The molecule has 0 aromatic rings. The number of amides is 1. The second kappa shape index (κ2) is 45.4. The van der Waals surface area contributed by atoms with Crippen molar-refractivity contribution in [3.63, 3.8) is 0 Å². The third-order valence-corrected chi connectivity index (χ3v) is 12.9. The minimum Gasteiger partial charge on any atom is -0.394 e. The Morgan fingerprint density at radius 1 is 0.493 bits per heavy atom. The summed E-state index contributed by atoms with van der Waals surface area (Å²) in [7, 11) is 0. The number of nitrogens with one attached hydrogen (secondary N) is 1. The Kier molecular flexibility index (Phi) is 40.9. The van der Waals surface area contributed by atoms with Gasteiger partial charge in [0, 0.05) is 6.42 Å². The van der Waals surface area contributed by atoms with Crippen LogP contribution in [0.15, 0.2) is 122 Å². The van der Waals surface area contributed by atoms with E-state index in [4.69, 9.17) is 18.9 Å². The van der Waals surface area contributed by atoms with Crippen LogP contribution < -0.4 is 5.32 Å². The zero-order valence-corrected chi connectivity index (χ0v) is 45.5. The van der Waals surface area contributed by atoms with Gasteiger partial charge >= 0.3 is 0 Å². The predicted octanol–water partition coefficient (Wildman–Crippen LogP) is 9.05. The molecule has 2 aliphatic rings. The largest absolute Gasteiger partial charge is 0.394 e. The second-order valence-electron chi connectivity index (χ2n) is 19.3. The number of unbranched alkanes of at least 4 members (excludes halogenated alkanes) is 11. The summed E-state index contributed by atoms with van der Waals surface area (Å²) in [4.78, 5) is 13.2. The van der Waals surface area contributed by atoms with Crippen molar-refractivity contribution in [2.45, 2.75) is 235 Å². The maximum atomic E-state index is 13.2. The quantitative estimate of drug-likeness (QED) is 0.0206. The monoisotopic (exact) mass is 1050 g/mol. The standard InChI is InChI=1S/C61H99NO13/c1-3-5-7-9-11-13-14-15-16-17-18-19-20-21-22-23-24-25-26-27-28-29-30-31-32-33-34-35-36-37-39-41-43-45-53(66)62-49(50(65)44-42-40-38-12-10-8-6-4-2)48-72-60-58(71)56(69)59(52(47-64)74-60)75-61-57(70)55(68)54(67)51(46-63)73-61/h5,7,11,13,15-16,18-19,21-22,24-25,27-28,30-31,33-34,42,44,49-52,54-61,63-65,67-71H,3-4,6,8-10,12,14,17,20,23,26,29,32,35-41,43,45-48H2,1-2H3,(H,62,66)/b7-5-,13-11-,16-15-,19-18-,22-21-,25-24-,28-27-,31-30-,34-33-,44-42+. The van der Waals surface area contributed by atoms with Crippen molar-refractivity contribution in [3.8, 4) is 0 Å². The van der Waals surface area contributed by atoms with E-state index in [1.54, 1.807) is 6.08 Å². The Morgan fingerprint density at radius 2 is 0.920 bits per heavy atom. The number of allylic oxidation sites excluding steroid dienone is 19. The Balaban J connectivity index is 1.67. The van der Waals surface area contributed by atoms with Crippen LogP contribution in [0.3, 0.4) is 0 Å². The molecule has 0 aromatic heterocycles. The summed E-state index contributed by atoms with van der Waals surface area (Å²) in [5.74, 6) is -0.269. The van der Waals surface area contributed by atoms with E-state index in [1.807, 2.05) is 6.08 Å². The molecule has 2 fully saturated rings. The predicted molar refractivity (Wildman–Crippen MR) is 299 cm³/mol. The van der Waals surface area contributed by atoms with E-state index >= 15 is 0 Å². The van der Waals surface area contributed by atoms with Crippen molar-refractivity contribution in [2.75, 3.05) is 19.8 Å². The zero-order chi connectivity index (χ0) is 54.6. The molecule has 2 heterocycles. The topological polar surface area (TPSA) is 228 Å². The number of aliphatic hydroxyl groups is 8. The van der Waals surface area contributed by atoms with Gasteiger partial charge in [-0.3, -0.25) is 4.79 Å². The Bertz CT molecular complexity index is 1720. The molecule has 0 spiro atoms. The highest BCUT2D eigenvalue weighted by Gasteiger charge is 2.51. The van der Waals surface area contributed by atoms with E-state index in [2.05, 4.69) is 129 Å². The average molecular weight is 1050 g/mol. The molecular formula is C61H99NO13. The van der Waals surface area contributed by atoms with Gasteiger partial charge in [-0.2, -0.15) is 0 Å². The fraction of sp³-hybridized carbons (Fsp3) is 0.656. The van der Waals surface area contributed by atoms with Crippen LogP contribution >= 0.6 is 0 Å². The Morgan fingerprint density at radius 3 is 1.41 bits per heavy atom. The molecule has 1 amide bonds. The van der Waals surface area contributed by atoms with Gasteiger partial charge in [0.05, 0.1) is 32.0 Å². The van der Waals surface area contributed by atoms with E-state index in [0.717, 1.165) is 116 Å². The lowest BCUT2D eigenvalue weighted by atomic mass is 9.97. The Labute approximate surface area is 450 Å². The fourth-order valence-corrected chi connectivity index (χ4v) is 8.34. The maximum absolute atomic E-state index is 13.2. The molecule has 426 valence electrons. The molecule has 2 saturated heterocycles. The van der Waals surface area contributed by atoms with Crippen LogP contribution in [0.5, 0.6) is 0 Å². The van der Waals surface area contributed by atoms with Gasteiger partial charge in [-0.05, 0) is 89.9 Å². The Hall–Kier alpha value is -3.61. The number of aliphatic hydroxyl groups excluding tert-OH is 8. The summed E-state index contributed by atoms with van der Waals surface area (Å²) in [6.45, 7) is 2.58. The molecule has 12 unspecified atom stereocenters. The normalized spacial score (nSPS) is 26.0. The molecule has 75 heavy (non-hydrogen) atoms. The molecule has 12 atom stereocenters. The first-order valence-electron chi connectivity index (χ1n) is 28.3. The molecule has 14 heteroatoms. The molecule has 9 N–H and O–H groups in total. The smallest absolute Gasteiger partial charge is 0.220 e. The van der Waals surface area contributed by atoms with Crippen molar-refractivity contribution in [2.24, 2.45) is 0 Å². The number of carbonyl (C=O) groups is 1. The van der Waals surface area contributed by atoms with Crippen LogP contribution in [0.1, 0.15) is 162 Å². The summed E-state index contributed by atoms with van der Waals surface area (Å²) in [6.07, 6.45) is 48.4. The first-order chi connectivity index (χ1) is 36.6. The van der Waals surface area contributed by atoms with Crippen LogP contribution in [0.2, 0.25) is 0 Å². The van der Waals surface area contributed by atoms with Crippen molar-refractivity contribution in [1.82, 2.24) is 5.32 Å². The molecular weight excluding hydrogens is 955 g/mol. The lowest BCUT2D eigenvalue weighted by molar-refractivity contribution is -0.359. The zero-order valence-electron chi connectivity index (χ0n) is 45.5. The van der Waals surface area contributed by atoms with Crippen LogP contribution in [0.4, 0.5) is 0 Å². The number of hydrogen-bond acceptors (Lipinski definition) is 13. The SMILES string of the molecule is CC/C=C\C/C=C\C/C=C\C/C=C\C/C=C\C/C=C\C/C=C\C/C=C\C/C=C\CCCCCCCC(=O)NC(COC1OC(CO)C(OC2OC(CO)C(O)C(O)C2O)C(O)C1O)C(O)/C=C/CCCCCCCC. The van der Waals surface area contributed by atoms with Crippen LogP contribution in [-0.2, 0) is 23.7 Å². The fourth-order valence-electron chi connectivity index (χ4n) is 8.34. The van der Waals surface area contributed by atoms with Gasteiger partial charge in [-0.25, -0.2) is 0 Å². The van der Waals surface area contributed by atoms with Gasteiger partial charge in [0.2, 0.25) is 5.91 Å². The highest BCUT2D eigenvalue weighted by molar-refractivity contribution is 5.76. The van der Waals surface area contributed by atoms with E-state index in [-0.39, 0.29) is 18.9 Å². The van der Waals surface area contributed by atoms with Crippen LogP contribution in [0.25, 0.3) is 0 Å². The lowest BCUT2D eigenvalue weighted by Crippen LogP contribution is -2.65. The second-order valence-corrected chi connectivity index (χ2v) is 19.3. The third kappa shape index (κ3) is 31.4. The summed E-state index contributed by atoms with van der Waals surface area (Å²) < 4.78 is 22.6. The van der Waals surface area contributed by atoms with Crippen LogP contribution in [0, 0.1) is 0 Å². The van der Waals surface area contributed by atoms with Crippen LogP contribution in [-0.4, -0.2) is 140 Å². The summed E-state index contributed by atoms with van der Waals surface area (Å²) in [6, 6.07) is -0.931. The van der Waals surface area contributed by atoms with Gasteiger partial charge in [-0.1, -0.05) is 187 Å². The number of rotatable bonds is 42. The van der Waals surface area contributed by atoms with Gasteiger partial charge in [0.15, 0.2) is 12.6 Å². The third-order valence-electron chi connectivity index (χ3n) is 12.9. The number of ether oxygens (including phenoxy) is 4. The minimum atomic E-state index is -1.79. The summed E-state index contributed by atoms with van der Waals surface area (Å²) in [5.41, 5.74) is 0. The maximum Gasteiger partial charge on any atom is 0.220 e. The van der Waals surface area contributed by atoms with Gasteiger partial charge in [0.25, 0.3) is 0 Å². The molecule has 0 aliphatic carbocycles. The molecule has 0 radical (unpaired) electrons. The van der Waals surface area contributed by atoms with Gasteiger partial charge in [-0.15, -0.1) is 0 Å². The molecule has 14 nitrogen and oxygen atoms in total. The molecule has 2 aliphatic heterocycles. The van der Waals surface area contributed by atoms with Crippen molar-refractivity contribution < 1.29 is 64.6 Å². The van der Waals surface area contributed by atoms with E-state index in [9.17, 15) is 45.6 Å². The number of carbonyl (C=O) groups excluding carboxylic acids is 1. The average Bonchev–Trinajstić information content (AvgIpc) is 3.41. The van der Waals surface area contributed by atoms with E-state index in [0.29, 0.717) is 6.42 Å². The van der Waals surface area contributed by atoms with E-state index < -0.39 is 86.8 Å². The molecule has 0 saturated carbocycles. The number of hydrogen-bond donors (Lipinski definition) is 9.